The molecule has 0 aromatic rings. The average molecular weight is 240 g/mol. The van der Waals surface area contributed by atoms with E-state index >= 15 is 0 Å². The van der Waals surface area contributed by atoms with E-state index in [4.69, 9.17) is 11.6 Å². The fraction of sp³-hybridized carbons (Fsp3) is 0.778. The number of alkyl halides is 1. The SMILES string of the molecule is C/C=C/CCNS(=O)(=O)CCCCCl. The van der Waals surface area contributed by atoms with E-state index in [1.54, 1.807) is 0 Å². The predicted octanol–water partition coefficient (Wildman–Crippen LogP) is 1.89. The quantitative estimate of drug-likeness (QED) is 0.400. The number of hydrogen-bond donors (Lipinski definition) is 1. The Labute approximate surface area is 91.6 Å². The molecule has 0 atom stereocenters. The number of sulfonamides is 1. The maximum absolute atomic E-state index is 11.3. The largest absolute Gasteiger partial charge is 0.215 e. The zero-order valence-corrected chi connectivity index (χ0v) is 10.1. The maximum Gasteiger partial charge on any atom is 0.211 e. The summed E-state index contributed by atoms with van der Waals surface area (Å²) < 4.78 is 25.1. The first-order chi connectivity index (χ1) is 6.62. The van der Waals surface area contributed by atoms with Crippen molar-refractivity contribution in [3.8, 4) is 0 Å². The summed E-state index contributed by atoms with van der Waals surface area (Å²) in [5.41, 5.74) is 0. The minimum Gasteiger partial charge on any atom is -0.215 e. The van der Waals surface area contributed by atoms with Crippen molar-refractivity contribution >= 4 is 21.6 Å². The third-order valence-corrected chi connectivity index (χ3v) is 3.40. The highest BCUT2D eigenvalue weighted by Gasteiger charge is 2.07. The molecule has 0 saturated carbocycles. The molecule has 0 aliphatic carbocycles. The molecular formula is C9H18ClNO2S. The van der Waals surface area contributed by atoms with Crippen LogP contribution in [-0.4, -0.2) is 26.6 Å². The van der Waals surface area contributed by atoms with Gasteiger partial charge >= 0.3 is 0 Å². The monoisotopic (exact) mass is 239 g/mol. The zero-order valence-electron chi connectivity index (χ0n) is 8.50. The minimum absolute atomic E-state index is 0.176. The van der Waals surface area contributed by atoms with Crippen LogP contribution in [0.1, 0.15) is 26.2 Å². The first kappa shape index (κ1) is 13.9. The van der Waals surface area contributed by atoms with Crippen LogP contribution in [0.2, 0.25) is 0 Å². The fourth-order valence-electron chi connectivity index (χ4n) is 0.923. The minimum atomic E-state index is -3.08. The van der Waals surface area contributed by atoms with Gasteiger partial charge in [-0.05, 0) is 26.2 Å². The number of allylic oxidation sites excluding steroid dienone is 1. The molecule has 0 saturated heterocycles. The van der Waals surface area contributed by atoms with Crippen molar-refractivity contribution in [3.05, 3.63) is 12.2 Å². The molecule has 0 spiro atoms. The Kier molecular flexibility index (Phi) is 8.23. The van der Waals surface area contributed by atoms with Crippen molar-refractivity contribution in [1.29, 1.82) is 0 Å². The van der Waals surface area contributed by atoms with E-state index in [1.807, 2.05) is 19.1 Å². The Morgan fingerprint density at radius 1 is 1.36 bits per heavy atom. The summed E-state index contributed by atoms with van der Waals surface area (Å²) in [4.78, 5) is 0. The molecule has 1 N–H and O–H groups in total. The summed E-state index contributed by atoms with van der Waals surface area (Å²) in [5, 5.41) is 0. The summed E-state index contributed by atoms with van der Waals surface area (Å²) in [6, 6.07) is 0. The van der Waals surface area contributed by atoms with Crippen molar-refractivity contribution in [2.45, 2.75) is 26.2 Å². The topological polar surface area (TPSA) is 46.2 Å². The maximum atomic E-state index is 11.3. The number of nitrogens with one attached hydrogen (secondary N) is 1. The molecular weight excluding hydrogens is 222 g/mol. The predicted molar refractivity (Wildman–Crippen MR) is 61.2 cm³/mol. The van der Waals surface area contributed by atoms with Crippen LogP contribution in [-0.2, 0) is 10.0 Å². The normalized spacial score (nSPS) is 12.4. The second-order valence-corrected chi connectivity index (χ2v) is 5.27. The molecule has 0 heterocycles. The highest BCUT2D eigenvalue weighted by molar-refractivity contribution is 7.89. The smallest absolute Gasteiger partial charge is 0.211 e. The molecule has 84 valence electrons. The van der Waals surface area contributed by atoms with E-state index < -0.39 is 10.0 Å². The lowest BCUT2D eigenvalue weighted by Crippen LogP contribution is -2.27. The molecule has 0 aliphatic heterocycles. The van der Waals surface area contributed by atoms with Crippen LogP contribution in [0.25, 0.3) is 0 Å². The molecule has 0 aromatic carbocycles. The van der Waals surface area contributed by atoms with Gasteiger partial charge in [0.25, 0.3) is 0 Å². The van der Waals surface area contributed by atoms with Crippen molar-refractivity contribution < 1.29 is 8.42 Å². The van der Waals surface area contributed by atoms with Crippen molar-refractivity contribution in [2.75, 3.05) is 18.2 Å². The molecule has 3 nitrogen and oxygen atoms in total. The van der Waals surface area contributed by atoms with Crippen LogP contribution in [0, 0.1) is 0 Å². The van der Waals surface area contributed by atoms with Crippen molar-refractivity contribution in [2.24, 2.45) is 0 Å². The van der Waals surface area contributed by atoms with E-state index in [1.165, 1.54) is 0 Å². The molecule has 0 rings (SSSR count). The molecule has 5 heteroatoms. The van der Waals surface area contributed by atoms with Crippen LogP contribution in [0.4, 0.5) is 0 Å². The van der Waals surface area contributed by atoms with E-state index in [0.29, 0.717) is 18.8 Å². The van der Waals surface area contributed by atoms with E-state index in [0.717, 1.165) is 12.8 Å². The summed E-state index contributed by atoms with van der Waals surface area (Å²) >= 11 is 5.45. The van der Waals surface area contributed by atoms with Gasteiger partial charge in [-0.3, -0.25) is 0 Å². The van der Waals surface area contributed by atoms with Crippen LogP contribution >= 0.6 is 11.6 Å². The molecule has 0 fully saturated rings. The molecule has 0 unspecified atom stereocenters. The molecule has 0 bridgehead atoms. The van der Waals surface area contributed by atoms with E-state index in [2.05, 4.69) is 4.72 Å². The second kappa shape index (κ2) is 8.26. The van der Waals surface area contributed by atoms with Crippen molar-refractivity contribution in [1.82, 2.24) is 4.72 Å². The van der Waals surface area contributed by atoms with Gasteiger partial charge in [-0.1, -0.05) is 12.2 Å². The Bertz CT molecular complexity index is 250. The second-order valence-electron chi connectivity index (χ2n) is 2.97. The fourth-order valence-corrected chi connectivity index (χ4v) is 2.27. The van der Waals surface area contributed by atoms with Gasteiger partial charge in [0, 0.05) is 12.4 Å². The first-order valence-corrected chi connectivity index (χ1v) is 6.95. The number of halogens is 1. The lowest BCUT2D eigenvalue weighted by molar-refractivity contribution is 0.579. The van der Waals surface area contributed by atoms with Gasteiger partial charge in [0.05, 0.1) is 5.75 Å². The molecule has 0 radical (unpaired) electrons. The standard InChI is InChI=1S/C9H18ClNO2S/c1-2-3-5-8-11-14(12,13)9-6-4-7-10/h2-3,11H,4-9H2,1H3/b3-2+. The average Bonchev–Trinajstić information content (AvgIpc) is 2.13. The van der Waals surface area contributed by atoms with Gasteiger partial charge in [-0.15, -0.1) is 11.6 Å². The lowest BCUT2D eigenvalue weighted by atomic mass is 10.4. The third-order valence-electron chi connectivity index (χ3n) is 1.67. The number of rotatable bonds is 8. The third kappa shape index (κ3) is 8.53. The molecule has 0 amide bonds. The van der Waals surface area contributed by atoms with Gasteiger partial charge in [-0.25, -0.2) is 13.1 Å². The van der Waals surface area contributed by atoms with Crippen LogP contribution < -0.4 is 4.72 Å². The molecule has 0 aromatic heterocycles. The lowest BCUT2D eigenvalue weighted by Gasteiger charge is -2.04. The van der Waals surface area contributed by atoms with Gasteiger partial charge in [0.15, 0.2) is 0 Å². The molecule has 14 heavy (non-hydrogen) atoms. The summed E-state index contributed by atoms with van der Waals surface area (Å²) in [5.74, 6) is 0.698. The number of hydrogen-bond acceptors (Lipinski definition) is 2. The Hall–Kier alpha value is -0.0600. The molecule has 0 aliphatic rings. The highest BCUT2D eigenvalue weighted by atomic mass is 35.5. The first-order valence-electron chi connectivity index (χ1n) is 4.77. The Balaban J connectivity index is 3.62. The summed E-state index contributed by atoms with van der Waals surface area (Å²) in [6.45, 7) is 2.39. The van der Waals surface area contributed by atoms with E-state index in [-0.39, 0.29) is 5.75 Å². The number of unbranched alkanes of at least 4 members (excludes halogenated alkanes) is 1. The zero-order chi connectivity index (χ0) is 10.9. The van der Waals surface area contributed by atoms with E-state index in [9.17, 15) is 8.42 Å². The Morgan fingerprint density at radius 3 is 2.64 bits per heavy atom. The van der Waals surface area contributed by atoms with Gasteiger partial charge in [-0.2, -0.15) is 0 Å². The van der Waals surface area contributed by atoms with Crippen LogP contribution in [0.5, 0.6) is 0 Å². The van der Waals surface area contributed by atoms with Gasteiger partial charge in [0.2, 0.25) is 10.0 Å². The van der Waals surface area contributed by atoms with Crippen LogP contribution in [0.15, 0.2) is 12.2 Å². The highest BCUT2D eigenvalue weighted by Crippen LogP contribution is 1.96. The Morgan fingerprint density at radius 2 is 2.07 bits per heavy atom. The summed E-state index contributed by atoms with van der Waals surface area (Å²) in [7, 11) is -3.08. The van der Waals surface area contributed by atoms with Crippen molar-refractivity contribution in [3.63, 3.8) is 0 Å². The van der Waals surface area contributed by atoms with Gasteiger partial charge in [0.1, 0.15) is 0 Å². The van der Waals surface area contributed by atoms with Crippen LogP contribution in [0.3, 0.4) is 0 Å². The van der Waals surface area contributed by atoms with Gasteiger partial charge < -0.3 is 0 Å². The summed E-state index contributed by atoms with van der Waals surface area (Å²) in [6.07, 6.45) is 5.95.